The summed E-state index contributed by atoms with van der Waals surface area (Å²) in [7, 11) is 3.05. The lowest BCUT2D eigenvalue weighted by atomic mass is 10.0. The molecule has 0 spiro atoms. The fraction of sp³-hybridized carbons (Fsp3) is 0.0870. The lowest BCUT2D eigenvalue weighted by Crippen LogP contribution is -2.00. The highest BCUT2D eigenvalue weighted by molar-refractivity contribution is 6.02. The molecule has 0 amide bonds. The van der Waals surface area contributed by atoms with Crippen LogP contribution in [-0.2, 0) is 0 Å². The predicted octanol–water partition coefficient (Wildman–Crippen LogP) is 4.89. The van der Waals surface area contributed by atoms with E-state index < -0.39 is 0 Å². The summed E-state index contributed by atoms with van der Waals surface area (Å²) in [6.07, 6.45) is 1.72. The Kier molecular flexibility index (Phi) is 5.70. The first-order valence-corrected chi connectivity index (χ1v) is 9.27. The van der Waals surface area contributed by atoms with Crippen LogP contribution in [-0.4, -0.2) is 30.4 Å². The Hall–Kier alpha value is -4.13. The zero-order valence-electron chi connectivity index (χ0n) is 16.6. The number of hydrazone groups is 1. The van der Waals surface area contributed by atoms with E-state index in [0.717, 1.165) is 22.0 Å². The number of hydrogen-bond acceptors (Lipinski definition) is 7. The Morgan fingerprint density at radius 1 is 0.833 bits per heavy atom. The topological polar surface area (TPSA) is 77.9 Å². The highest BCUT2D eigenvalue weighted by Gasteiger charge is 2.12. The van der Waals surface area contributed by atoms with Gasteiger partial charge in [-0.15, -0.1) is 0 Å². The molecule has 1 heterocycles. The van der Waals surface area contributed by atoms with E-state index in [4.69, 9.17) is 14.2 Å². The van der Waals surface area contributed by atoms with Crippen LogP contribution in [0, 0.1) is 0 Å². The van der Waals surface area contributed by atoms with Crippen LogP contribution in [0.5, 0.6) is 23.5 Å². The van der Waals surface area contributed by atoms with E-state index in [1.807, 2.05) is 66.7 Å². The van der Waals surface area contributed by atoms with Gasteiger partial charge in [0.05, 0.1) is 32.2 Å². The molecule has 0 bridgehead atoms. The fourth-order valence-corrected chi connectivity index (χ4v) is 2.92. The van der Waals surface area contributed by atoms with E-state index in [1.54, 1.807) is 12.3 Å². The molecule has 7 heteroatoms. The van der Waals surface area contributed by atoms with Crippen molar-refractivity contribution in [3.8, 4) is 23.5 Å². The molecule has 1 aromatic heterocycles. The van der Waals surface area contributed by atoms with Gasteiger partial charge >= 0.3 is 6.01 Å². The predicted molar refractivity (Wildman–Crippen MR) is 117 cm³/mol. The summed E-state index contributed by atoms with van der Waals surface area (Å²) in [4.78, 5) is 8.50. The minimum Gasteiger partial charge on any atom is -0.481 e. The summed E-state index contributed by atoms with van der Waals surface area (Å²) in [6.45, 7) is 0. The molecule has 0 aliphatic rings. The van der Waals surface area contributed by atoms with Crippen molar-refractivity contribution in [3.63, 3.8) is 0 Å². The van der Waals surface area contributed by atoms with Gasteiger partial charge < -0.3 is 14.2 Å². The first-order valence-electron chi connectivity index (χ1n) is 9.27. The second-order valence-corrected chi connectivity index (χ2v) is 6.27. The van der Waals surface area contributed by atoms with Crippen LogP contribution in [0.15, 0.2) is 77.9 Å². The van der Waals surface area contributed by atoms with Gasteiger partial charge in [-0.25, -0.2) is 0 Å². The van der Waals surface area contributed by atoms with Crippen LogP contribution in [0.4, 0.5) is 5.69 Å². The second-order valence-electron chi connectivity index (χ2n) is 6.27. The summed E-state index contributed by atoms with van der Waals surface area (Å²) in [5.41, 5.74) is 4.71. The number of methoxy groups -OCH3 is 2. The molecule has 4 aromatic rings. The third kappa shape index (κ3) is 4.30. The van der Waals surface area contributed by atoms with Gasteiger partial charge in [-0.3, -0.25) is 5.43 Å². The molecule has 0 aliphatic carbocycles. The molecule has 3 aromatic carbocycles. The first kappa shape index (κ1) is 19.2. The summed E-state index contributed by atoms with van der Waals surface area (Å²) in [5.74, 6) is 1.25. The molecule has 0 aliphatic heterocycles. The van der Waals surface area contributed by atoms with E-state index in [0.29, 0.717) is 17.5 Å². The second kappa shape index (κ2) is 8.91. The summed E-state index contributed by atoms with van der Waals surface area (Å²) < 4.78 is 16.4. The number of ether oxygens (including phenoxy) is 3. The average Bonchev–Trinajstić information content (AvgIpc) is 2.80. The molecule has 0 fully saturated rings. The molecule has 30 heavy (non-hydrogen) atoms. The number of para-hydroxylation sites is 1. The van der Waals surface area contributed by atoms with Gasteiger partial charge in [0.15, 0.2) is 0 Å². The molecule has 150 valence electrons. The van der Waals surface area contributed by atoms with Crippen molar-refractivity contribution in [2.75, 3.05) is 19.6 Å². The largest absolute Gasteiger partial charge is 0.481 e. The zero-order chi connectivity index (χ0) is 20.8. The summed E-state index contributed by atoms with van der Waals surface area (Å²) in [5, 5.41) is 6.44. The van der Waals surface area contributed by atoms with Crippen molar-refractivity contribution in [2.24, 2.45) is 5.10 Å². The highest BCUT2D eigenvalue weighted by Crippen LogP contribution is 2.30. The summed E-state index contributed by atoms with van der Waals surface area (Å²) >= 11 is 0. The van der Waals surface area contributed by atoms with Gasteiger partial charge in [0.25, 0.3) is 0 Å². The van der Waals surface area contributed by atoms with Gasteiger partial charge in [-0.2, -0.15) is 15.1 Å². The van der Waals surface area contributed by atoms with Crippen LogP contribution >= 0.6 is 0 Å². The number of fused-ring (bicyclic) bond motifs is 1. The van der Waals surface area contributed by atoms with Crippen LogP contribution in [0.2, 0.25) is 0 Å². The minimum atomic E-state index is 0.118. The first-order chi connectivity index (χ1) is 14.8. The van der Waals surface area contributed by atoms with E-state index in [2.05, 4.69) is 20.5 Å². The normalized spacial score (nSPS) is 10.9. The smallest absolute Gasteiger partial charge is 0.328 e. The van der Waals surface area contributed by atoms with E-state index in [-0.39, 0.29) is 6.01 Å². The van der Waals surface area contributed by atoms with E-state index in [9.17, 15) is 0 Å². The maximum atomic E-state index is 6.00. The molecule has 0 saturated heterocycles. The van der Waals surface area contributed by atoms with Crippen molar-refractivity contribution >= 4 is 22.7 Å². The number of nitrogens with zero attached hydrogens (tertiary/aromatic N) is 3. The van der Waals surface area contributed by atoms with Gasteiger partial charge in [0.2, 0.25) is 11.8 Å². The number of hydrogen-bond donors (Lipinski definition) is 1. The van der Waals surface area contributed by atoms with Crippen LogP contribution in [0.3, 0.4) is 0 Å². The molecular weight excluding hydrogens is 380 g/mol. The molecule has 0 unspecified atom stereocenters. The van der Waals surface area contributed by atoms with Gasteiger partial charge in [0, 0.05) is 5.56 Å². The third-order valence-corrected chi connectivity index (χ3v) is 4.37. The number of aromatic nitrogens is 2. The average molecular weight is 400 g/mol. The van der Waals surface area contributed by atoms with Crippen LogP contribution in [0.1, 0.15) is 5.56 Å². The Morgan fingerprint density at radius 3 is 2.27 bits per heavy atom. The molecule has 0 atom stereocenters. The molecule has 0 radical (unpaired) electrons. The Morgan fingerprint density at radius 2 is 1.53 bits per heavy atom. The highest BCUT2D eigenvalue weighted by atomic mass is 16.5. The van der Waals surface area contributed by atoms with Gasteiger partial charge in [0.1, 0.15) is 5.75 Å². The Labute approximate surface area is 174 Å². The van der Waals surface area contributed by atoms with Crippen molar-refractivity contribution in [2.45, 2.75) is 0 Å². The SMILES string of the molecule is COc1cc(OC)nc(Oc2ccc3ccccc3c2/C=N/Nc2ccccc2)n1. The molecule has 4 rings (SSSR count). The Balaban J connectivity index is 1.72. The number of anilines is 1. The maximum Gasteiger partial charge on any atom is 0.328 e. The lowest BCUT2D eigenvalue weighted by Gasteiger charge is -2.11. The number of nitrogens with one attached hydrogen (secondary N) is 1. The summed E-state index contributed by atoms with van der Waals surface area (Å²) in [6, 6.07) is 23.3. The standard InChI is InChI=1S/C23H20N4O3/c1-28-21-14-22(29-2)26-23(25-21)30-20-13-12-16-8-6-7-11-18(16)19(20)15-24-27-17-9-4-3-5-10-17/h3-15,27H,1-2H3/b24-15+. The van der Waals surface area contributed by atoms with Crippen molar-refractivity contribution in [1.29, 1.82) is 0 Å². The fourth-order valence-electron chi connectivity index (χ4n) is 2.92. The maximum absolute atomic E-state index is 6.00. The quantitative estimate of drug-likeness (QED) is 0.352. The lowest BCUT2D eigenvalue weighted by molar-refractivity contribution is 0.348. The van der Waals surface area contributed by atoms with Crippen LogP contribution < -0.4 is 19.6 Å². The van der Waals surface area contributed by atoms with Crippen LogP contribution in [0.25, 0.3) is 10.8 Å². The van der Waals surface area contributed by atoms with Gasteiger partial charge in [-0.05, 0) is 29.0 Å². The molecule has 1 N–H and O–H groups in total. The molecular formula is C23H20N4O3. The van der Waals surface area contributed by atoms with Crippen molar-refractivity contribution in [3.05, 3.63) is 78.4 Å². The number of rotatable bonds is 7. The minimum absolute atomic E-state index is 0.118. The number of benzene rings is 3. The zero-order valence-corrected chi connectivity index (χ0v) is 16.6. The third-order valence-electron chi connectivity index (χ3n) is 4.37. The monoisotopic (exact) mass is 400 g/mol. The molecule has 7 nitrogen and oxygen atoms in total. The van der Waals surface area contributed by atoms with Crippen molar-refractivity contribution < 1.29 is 14.2 Å². The Bertz CT molecular complexity index is 1160. The molecule has 0 saturated carbocycles. The van der Waals surface area contributed by atoms with E-state index in [1.165, 1.54) is 14.2 Å². The van der Waals surface area contributed by atoms with Gasteiger partial charge in [-0.1, -0.05) is 48.5 Å². The van der Waals surface area contributed by atoms with Crippen molar-refractivity contribution in [1.82, 2.24) is 9.97 Å². The van der Waals surface area contributed by atoms with E-state index >= 15 is 0 Å².